The Morgan fingerprint density at radius 3 is 2.62 bits per heavy atom. The molecule has 7 rings (SSSR count). The molecule has 0 spiro atoms. The van der Waals surface area contributed by atoms with Crippen molar-refractivity contribution in [2.75, 3.05) is 6.61 Å². The Morgan fingerprint density at radius 1 is 1.06 bits per heavy atom. The van der Waals surface area contributed by atoms with Gasteiger partial charge in [0, 0.05) is 22.7 Å². The molecule has 1 aliphatic heterocycles. The zero-order valence-corrected chi connectivity index (χ0v) is 20.5. The van der Waals surface area contributed by atoms with Crippen LogP contribution in [0.5, 0.6) is 0 Å². The number of aromatic amines is 1. The van der Waals surface area contributed by atoms with Crippen LogP contribution >= 0.6 is 0 Å². The number of fused-ring (bicyclic) bond motifs is 5. The van der Waals surface area contributed by atoms with E-state index in [4.69, 9.17) is 9.47 Å². The number of rotatable bonds is 5. The second-order valence-corrected chi connectivity index (χ2v) is 11.5. The number of hydrogen-bond acceptors (Lipinski definition) is 3. The standard InChI is InChI=1S/C30H35NO3/c1-29(2)21-16-20(15-19-9-5-4-6-10-19)27(24(29)17-21)34-26(32)18-30(3)28-23(13-14-33-30)22-11-7-8-12-25(22)31-28/h4-12,20-21,24,27,31H,13-18H2,1-3H3/t20-,21+,24+,27-,30?/m1/s1. The van der Waals surface area contributed by atoms with Gasteiger partial charge in [0.2, 0.25) is 0 Å². The van der Waals surface area contributed by atoms with Gasteiger partial charge in [-0.2, -0.15) is 0 Å². The number of benzene rings is 2. The molecule has 2 bridgehead atoms. The van der Waals surface area contributed by atoms with Crippen molar-refractivity contribution in [2.45, 2.75) is 64.6 Å². The number of carbonyl (C=O) groups excluding carboxylic acids is 1. The molecular formula is C30H35NO3. The molecule has 4 aliphatic rings. The van der Waals surface area contributed by atoms with E-state index in [0.717, 1.165) is 36.4 Å². The van der Waals surface area contributed by atoms with E-state index in [2.05, 4.69) is 67.4 Å². The fourth-order valence-electron chi connectivity index (χ4n) is 7.11. The Labute approximate surface area is 202 Å². The first-order valence-corrected chi connectivity index (χ1v) is 12.8. The van der Waals surface area contributed by atoms with Crippen molar-refractivity contribution in [3.8, 4) is 0 Å². The molecule has 4 heteroatoms. The monoisotopic (exact) mass is 457 g/mol. The number of nitrogens with one attached hydrogen (secondary N) is 1. The first kappa shape index (κ1) is 21.9. The zero-order valence-electron chi connectivity index (χ0n) is 20.5. The van der Waals surface area contributed by atoms with Gasteiger partial charge in [0.25, 0.3) is 0 Å². The van der Waals surface area contributed by atoms with Crippen molar-refractivity contribution in [3.63, 3.8) is 0 Å². The lowest BCUT2D eigenvalue weighted by atomic mass is 9.45. The predicted molar refractivity (Wildman–Crippen MR) is 133 cm³/mol. The molecule has 178 valence electrons. The summed E-state index contributed by atoms with van der Waals surface area (Å²) in [6, 6.07) is 19.0. The number of para-hydroxylation sites is 1. The van der Waals surface area contributed by atoms with Gasteiger partial charge < -0.3 is 14.5 Å². The summed E-state index contributed by atoms with van der Waals surface area (Å²) in [5.74, 6) is 1.41. The second kappa shape index (κ2) is 7.98. The number of H-pyrrole nitrogens is 1. The smallest absolute Gasteiger partial charge is 0.309 e. The fraction of sp³-hybridized carbons (Fsp3) is 0.500. The number of ether oxygens (including phenoxy) is 2. The lowest BCUT2D eigenvalue weighted by molar-refractivity contribution is -0.203. The molecule has 5 atom stereocenters. The molecule has 3 saturated carbocycles. The molecule has 3 fully saturated rings. The zero-order chi connectivity index (χ0) is 23.5. The molecule has 2 heterocycles. The van der Waals surface area contributed by atoms with E-state index in [1.54, 1.807) is 0 Å². The van der Waals surface area contributed by atoms with Gasteiger partial charge in [0.15, 0.2) is 0 Å². The van der Waals surface area contributed by atoms with Crippen molar-refractivity contribution in [1.29, 1.82) is 0 Å². The van der Waals surface area contributed by atoms with Crippen LogP contribution in [0.15, 0.2) is 54.6 Å². The summed E-state index contributed by atoms with van der Waals surface area (Å²) in [6.45, 7) is 7.37. The minimum absolute atomic E-state index is 0.0259. The average Bonchev–Trinajstić information content (AvgIpc) is 3.21. The largest absolute Gasteiger partial charge is 0.462 e. The van der Waals surface area contributed by atoms with Gasteiger partial charge in [-0.3, -0.25) is 4.79 Å². The molecule has 3 aliphatic carbocycles. The van der Waals surface area contributed by atoms with Gasteiger partial charge in [0.05, 0.1) is 18.7 Å². The van der Waals surface area contributed by atoms with Crippen LogP contribution in [0.3, 0.4) is 0 Å². The van der Waals surface area contributed by atoms with E-state index in [-0.39, 0.29) is 23.9 Å². The summed E-state index contributed by atoms with van der Waals surface area (Å²) >= 11 is 0. The molecule has 3 aromatic rings. The van der Waals surface area contributed by atoms with Crippen molar-refractivity contribution in [2.24, 2.45) is 23.2 Å². The summed E-state index contributed by atoms with van der Waals surface area (Å²) in [6.07, 6.45) is 4.36. The van der Waals surface area contributed by atoms with E-state index >= 15 is 0 Å². The summed E-state index contributed by atoms with van der Waals surface area (Å²) in [7, 11) is 0. The minimum Gasteiger partial charge on any atom is -0.462 e. The van der Waals surface area contributed by atoms with Crippen LogP contribution in [0.2, 0.25) is 0 Å². The number of aromatic nitrogens is 1. The fourth-order valence-corrected chi connectivity index (χ4v) is 7.11. The molecule has 0 radical (unpaired) electrons. The average molecular weight is 458 g/mol. The number of carbonyl (C=O) groups is 1. The maximum atomic E-state index is 13.5. The first-order chi connectivity index (χ1) is 16.3. The highest BCUT2D eigenvalue weighted by Gasteiger charge is 2.59. The van der Waals surface area contributed by atoms with Crippen LogP contribution in [-0.4, -0.2) is 23.7 Å². The normalized spacial score (nSPS) is 31.5. The van der Waals surface area contributed by atoms with Gasteiger partial charge in [-0.1, -0.05) is 62.4 Å². The Balaban J connectivity index is 1.23. The number of hydrogen-bond donors (Lipinski definition) is 1. The van der Waals surface area contributed by atoms with Crippen LogP contribution < -0.4 is 0 Å². The van der Waals surface area contributed by atoms with Crippen molar-refractivity contribution in [3.05, 3.63) is 71.4 Å². The third-order valence-corrected chi connectivity index (χ3v) is 9.20. The Hall–Kier alpha value is -2.59. The van der Waals surface area contributed by atoms with E-state index in [0.29, 0.717) is 18.4 Å². The Bertz CT molecular complexity index is 1210. The van der Waals surface area contributed by atoms with Gasteiger partial charge >= 0.3 is 5.97 Å². The van der Waals surface area contributed by atoms with Crippen LogP contribution in [0, 0.1) is 23.2 Å². The molecule has 0 saturated heterocycles. The van der Waals surface area contributed by atoms with Crippen molar-refractivity contribution >= 4 is 16.9 Å². The lowest BCUT2D eigenvalue weighted by Gasteiger charge is -2.61. The molecule has 34 heavy (non-hydrogen) atoms. The molecule has 0 amide bonds. The van der Waals surface area contributed by atoms with Gasteiger partial charge in [-0.25, -0.2) is 0 Å². The minimum atomic E-state index is -0.690. The van der Waals surface area contributed by atoms with E-state index in [9.17, 15) is 4.79 Å². The molecule has 1 unspecified atom stereocenters. The second-order valence-electron chi connectivity index (χ2n) is 11.5. The SMILES string of the molecule is CC1(CC(=O)O[C@@H]2[C@H](Cc3ccccc3)C[C@H]3C[C@@H]2C3(C)C)OCCc2c1[nH]c1ccccc21. The summed E-state index contributed by atoms with van der Waals surface area (Å²) < 4.78 is 12.6. The van der Waals surface area contributed by atoms with E-state index < -0.39 is 5.60 Å². The summed E-state index contributed by atoms with van der Waals surface area (Å²) in [5, 5.41) is 1.23. The molecule has 1 N–H and O–H groups in total. The topological polar surface area (TPSA) is 51.3 Å². The highest BCUT2D eigenvalue weighted by molar-refractivity contribution is 5.85. The van der Waals surface area contributed by atoms with Gasteiger partial charge in [-0.15, -0.1) is 0 Å². The van der Waals surface area contributed by atoms with Crippen LogP contribution in [0.25, 0.3) is 10.9 Å². The van der Waals surface area contributed by atoms with E-state index in [1.807, 2.05) is 13.0 Å². The predicted octanol–water partition coefficient (Wildman–Crippen LogP) is 6.18. The first-order valence-electron chi connectivity index (χ1n) is 12.8. The van der Waals surface area contributed by atoms with E-state index in [1.165, 1.54) is 22.9 Å². The quantitative estimate of drug-likeness (QED) is 0.465. The highest BCUT2D eigenvalue weighted by Crippen LogP contribution is 2.62. The third-order valence-electron chi connectivity index (χ3n) is 9.20. The number of esters is 1. The summed E-state index contributed by atoms with van der Waals surface area (Å²) in [5.41, 5.74) is 4.30. The lowest BCUT2D eigenvalue weighted by Crippen LogP contribution is -2.59. The van der Waals surface area contributed by atoms with Crippen molar-refractivity contribution < 1.29 is 14.3 Å². The third kappa shape index (κ3) is 3.50. The van der Waals surface area contributed by atoms with Gasteiger partial charge in [-0.05, 0) is 61.1 Å². The van der Waals surface area contributed by atoms with Gasteiger partial charge in [0.1, 0.15) is 11.7 Å². The summed E-state index contributed by atoms with van der Waals surface area (Å²) in [4.78, 5) is 17.0. The Morgan fingerprint density at radius 2 is 1.82 bits per heavy atom. The molecule has 2 aromatic carbocycles. The molecule has 4 nitrogen and oxygen atoms in total. The molecule has 1 aromatic heterocycles. The highest BCUT2D eigenvalue weighted by atomic mass is 16.6. The van der Waals surface area contributed by atoms with Crippen LogP contribution in [0.1, 0.15) is 56.9 Å². The molecular weight excluding hydrogens is 422 g/mol. The Kier molecular flexibility index (Phi) is 5.14. The van der Waals surface area contributed by atoms with Crippen molar-refractivity contribution in [1.82, 2.24) is 4.98 Å². The maximum Gasteiger partial charge on any atom is 0.309 e. The maximum absolute atomic E-state index is 13.5. The van der Waals surface area contributed by atoms with Crippen LogP contribution in [0.4, 0.5) is 0 Å². The van der Waals surface area contributed by atoms with Crippen LogP contribution in [-0.2, 0) is 32.7 Å².